The van der Waals surface area contributed by atoms with E-state index in [0.717, 1.165) is 30.6 Å². The van der Waals surface area contributed by atoms with Gasteiger partial charge in [0.15, 0.2) is 18.2 Å². The van der Waals surface area contributed by atoms with Crippen LogP contribution < -0.4 is 4.74 Å². The van der Waals surface area contributed by atoms with Crippen LogP contribution in [-0.2, 0) is 6.61 Å². The molecule has 0 N–H and O–H groups in total. The zero-order valence-electron chi connectivity index (χ0n) is 16.0. The van der Waals surface area contributed by atoms with Crippen LogP contribution in [0.25, 0.3) is 32.9 Å². The number of halogens is 1. The first-order valence-electron chi connectivity index (χ1n) is 9.33. The fraction of sp³-hybridized carbons (Fsp3) is 0.0870. The quantitative estimate of drug-likeness (QED) is 0.245. The topological polar surface area (TPSA) is 61.0 Å². The number of aromatic nitrogens is 3. The largest absolute Gasteiger partial charge is 0.469 e. The highest BCUT2D eigenvalue weighted by Crippen LogP contribution is 2.34. The Labute approximate surface area is 190 Å². The number of hydrogen-bond acceptors (Lipinski definition) is 6. The first-order valence-corrected chi connectivity index (χ1v) is 11.3. The molecule has 0 saturated heterocycles. The molecule has 7 heteroatoms. The third-order valence-corrected chi connectivity index (χ3v) is 6.79. The molecule has 148 valence electrons. The summed E-state index contributed by atoms with van der Waals surface area (Å²) in [5, 5.41) is 7.17. The minimum absolute atomic E-state index is 0.241. The van der Waals surface area contributed by atoms with Gasteiger partial charge in [-0.05, 0) is 29.5 Å². The second-order valence-electron chi connectivity index (χ2n) is 6.82. The van der Waals surface area contributed by atoms with Crippen molar-refractivity contribution in [2.45, 2.75) is 13.5 Å². The molecule has 30 heavy (non-hydrogen) atoms. The highest BCUT2D eigenvalue weighted by atomic mass is 127. The zero-order valence-corrected chi connectivity index (χ0v) is 19.0. The van der Waals surface area contributed by atoms with Gasteiger partial charge < -0.3 is 9.26 Å². The van der Waals surface area contributed by atoms with E-state index in [1.807, 2.05) is 48.5 Å². The second-order valence-corrected chi connectivity index (χ2v) is 8.84. The lowest BCUT2D eigenvalue weighted by Crippen LogP contribution is -1.99. The Morgan fingerprint density at radius 3 is 2.60 bits per heavy atom. The molecule has 0 spiro atoms. The van der Waals surface area contributed by atoms with Gasteiger partial charge in [0.25, 0.3) is 0 Å². The van der Waals surface area contributed by atoms with Crippen LogP contribution in [0.3, 0.4) is 0 Å². The van der Waals surface area contributed by atoms with E-state index in [2.05, 4.69) is 52.2 Å². The molecule has 0 bridgehead atoms. The number of nitrogens with zero attached hydrogens (tertiary/aromatic N) is 3. The number of aryl methyl sites for hydroxylation is 1. The van der Waals surface area contributed by atoms with Gasteiger partial charge in [0, 0.05) is 26.1 Å². The molecule has 0 aliphatic heterocycles. The number of ether oxygens (including phenoxy) is 1. The van der Waals surface area contributed by atoms with Crippen LogP contribution in [0.1, 0.15) is 11.3 Å². The molecule has 0 unspecified atom stereocenters. The summed E-state index contributed by atoms with van der Waals surface area (Å²) in [7, 11) is 0. The van der Waals surface area contributed by atoms with Crippen LogP contribution in [0.4, 0.5) is 0 Å². The summed E-state index contributed by atoms with van der Waals surface area (Å²) in [5.74, 6) is 1.84. The van der Waals surface area contributed by atoms with Gasteiger partial charge in [0.1, 0.15) is 10.5 Å². The number of rotatable bonds is 5. The summed E-state index contributed by atoms with van der Waals surface area (Å²) in [6, 6.07) is 20.0. The lowest BCUT2D eigenvalue weighted by atomic mass is 10.1. The highest BCUT2D eigenvalue weighted by Gasteiger charge is 2.16. The average Bonchev–Trinajstić information content (AvgIpc) is 3.40. The predicted octanol–water partition coefficient (Wildman–Crippen LogP) is 6.51. The molecule has 0 aliphatic rings. The van der Waals surface area contributed by atoms with E-state index in [9.17, 15) is 0 Å². The molecular formula is C23H16IN3O2S. The number of benzene rings is 2. The Hall–Kier alpha value is -2.78. The molecule has 5 rings (SSSR count). The first-order chi connectivity index (χ1) is 14.7. The zero-order chi connectivity index (χ0) is 20.5. The van der Waals surface area contributed by atoms with Crippen LogP contribution in [0, 0.1) is 10.5 Å². The highest BCUT2D eigenvalue weighted by molar-refractivity contribution is 14.1. The predicted molar refractivity (Wildman–Crippen MR) is 127 cm³/mol. The third-order valence-electron chi connectivity index (χ3n) is 4.64. The van der Waals surface area contributed by atoms with Gasteiger partial charge in [-0.3, -0.25) is 0 Å². The second kappa shape index (κ2) is 8.16. The van der Waals surface area contributed by atoms with Crippen molar-refractivity contribution in [3.63, 3.8) is 0 Å². The maximum atomic E-state index is 6.09. The molecule has 0 radical (unpaired) electrons. The van der Waals surface area contributed by atoms with Crippen LogP contribution in [0.2, 0.25) is 0 Å². The van der Waals surface area contributed by atoms with Crippen molar-refractivity contribution in [3.05, 3.63) is 80.9 Å². The molecule has 5 nitrogen and oxygen atoms in total. The fourth-order valence-electron chi connectivity index (χ4n) is 3.08. The van der Waals surface area contributed by atoms with E-state index in [1.165, 1.54) is 5.56 Å². The van der Waals surface area contributed by atoms with Gasteiger partial charge in [-0.25, -0.2) is 4.98 Å². The van der Waals surface area contributed by atoms with Crippen LogP contribution in [0.5, 0.6) is 5.88 Å². The summed E-state index contributed by atoms with van der Waals surface area (Å²) in [6.07, 6.45) is 0. The van der Waals surface area contributed by atoms with E-state index >= 15 is 0 Å². The SMILES string of the molecule is Cc1ccc(-c2cc(COc3nc(-c4ccccc4)nc4scc(I)c34)on2)cc1. The van der Waals surface area contributed by atoms with E-state index in [-0.39, 0.29) is 6.61 Å². The maximum Gasteiger partial charge on any atom is 0.227 e. The minimum atomic E-state index is 0.241. The normalized spacial score (nSPS) is 11.1. The summed E-state index contributed by atoms with van der Waals surface area (Å²) in [4.78, 5) is 10.3. The van der Waals surface area contributed by atoms with Crippen molar-refractivity contribution < 1.29 is 9.26 Å². The number of hydrogen-bond donors (Lipinski definition) is 0. The molecule has 3 aromatic heterocycles. The van der Waals surface area contributed by atoms with E-state index in [4.69, 9.17) is 19.2 Å². The lowest BCUT2D eigenvalue weighted by molar-refractivity contribution is 0.244. The van der Waals surface area contributed by atoms with Gasteiger partial charge in [-0.15, -0.1) is 11.3 Å². The van der Waals surface area contributed by atoms with Crippen molar-refractivity contribution in [3.8, 4) is 28.5 Å². The van der Waals surface area contributed by atoms with Gasteiger partial charge >= 0.3 is 0 Å². The van der Waals surface area contributed by atoms with E-state index < -0.39 is 0 Å². The molecule has 0 amide bonds. The van der Waals surface area contributed by atoms with Gasteiger partial charge in [0.2, 0.25) is 5.88 Å². The Kier molecular flexibility index (Phi) is 5.22. The van der Waals surface area contributed by atoms with Crippen LogP contribution >= 0.6 is 33.9 Å². The van der Waals surface area contributed by atoms with Gasteiger partial charge in [-0.2, -0.15) is 4.98 Å². The summed E-state index contributed by atoms with van der Waals surface area (Å²) >= 11 is 3.88. The molecule has 5 aromatic rings. The standard InChI is InChI=1S/C23H16IN3O2S/c1-14-7-9-15(10-8-14)19-11-17(29-27-19)12-28-22-20-18(24)13-30-23(20)26-21(25-22)16-5-3-2-4-6-16/h2-11,13H,12H2,1H3. The smallest absolute Gasteiger partial charge is 0.227 e. The Balaban J connectivity index is 1.44. The Morgan fingerprint density at radius 2 is 1.80 bits per heavy atom. The molecule has 0 atom stereocenters. The molecule has 3 heterocycles. The third kappa shape index (κ3) is 3.82. The molecule has 0 saturated carbocycles. The van der Waals surface area contributed by atoms with E-state index in [1.54, 1.807) is 11.3 Å². The van der Waals surface area contributed by atoms with Crippen LogP contribution in [0.15, 0.2) is 70.6 Å². The summed E-state index contributed by atoms with van der Waals surface area (Å²) in [5.41, 5.74) is 3.96. The van der Waals surface area contributed by atoms with Crippen molar-refractivity contribution in [2.24, 2.45) is 0 Å². The molecule has 0 fully saturated rings. The molecular weight excluding hydrogens is 509 g/mol. The minimum Gasteiger partial charge on any atom is -0.469 e. The van der Waals surface area contributed by atoms with Crippen LogP contribution in [-0.4, -0.2) is 15.1 Å². The monoisotopic (exact) mass is 525 g/mol. The maximum absolute atomic E-state index is 6.09. The number of thiophene rings is 1. The summed E-state index contributed by atoms with van der Waals surface area (Å²) in [6.45, 7) is 2.30. The van der Waals surface area contributed by atoms with Crippen molar-refractivity contribution in [1.82, 2.24) is 15.1 Å². The first kappa shape index (κ1) is 19.2. The fourth-order valence-corrected chi connectivity index (χ4v) is 4.92. The van der Waals surface area contributed by atoms with Crippen molar-refractivity contribution in [1.29, 1.82) is 0 Å². The van der Waals surface area contributed by atoms with Crippen molar-refractivity contribution in [2.75, 3.05) is 0 Å². The van der Waals surface area contributed by atoms with E-state index in [0.29, 0.717) is 17.5 Å². The molecule has 0 aliphatic carbocycles. The van der Waals surface area contributed by atoms with Crippen molar-refractivity contribution >= 4 is 44.1 Å². The lowest BCUT2D eigenvalue weighted by Gasteiger charge is -2.07. The summed E-state index contributed by atoms with van der Waals surface area (Å²) < 4.78 is 12.7. The number of fused-ring (bicyclic) bond motifs is 1. The van der Waals surface area contributed by atoms with Gasteiger partial charge in [-0.1, -0.05) is 65.3 Å². The van der Waals surface area contributed by atoms with Gasteiger partial charge in [0.05, 0.1) is 5.39 Å². The average molecular weight is 525 g/mol. The Bertz CT molecular complexity index is 1310. The molecule has 2 aromatic carbocycles. The Morgan fingerprint density at radius 1 is 1.00 bits per heavy atom.